The van der Waals surface area contributed by atoms with Crippen LogP contribution in [0.5, 0.6) is 5.75 Å². The first-order valence-corrected chi connectivity index (χ1v) is 9.58. The van der Waals surface area contributed by atoms with Crippen LogP contribution < -0.4 is 4.74 Å². The highest BCUT2D eigenvalue weighted by atomic mass is 19.1. The van der Waals surface area contributed by atoms with E-state index < -0.39 is 5.82 Å². The molecule has 0 amide bonds. The van der Waals surface area contributed by atoms with Gasteiger partial charge in [-0.25, -0.2) is 19.0 Å². The number of rotatable bonds is 6. The third-order valence-electron chi connectivity index (χ3n) is 4.73. The van der Waals surface area contributed by atoms with Gasteiger partial charge in [0, 0.05) is 24.9 Å². The van der Waals surface area contributed by atoms with Crippen LogP contribution in [-0.4, -0.2) is 50.6 Å². The van der Waals surface area contributed by atoms with E-state index in [0.29, 0.717) is 23.7 Å². The summed E-state index contributed by atoms with van der Waals surface area (Å²) >= 11 is 0. The van der Waals surface area contributed by atoms with E-state index in [-0.39, 0.29) is 11.9 Å². The number of imidazole rings is 1. The smallest absolute Gasteiger partial charge is 0.166 e. The van der Waals surface area contributed by atoms with Gasteiger partial charge in [0.25, 0.3) is 0 Å². The Morgan fingerprint density at radius 3 is 2.81 bits per heavy atom. The van der Waals surface area contributed by atoms with Crippen molar-refractivity contribution >= 4 is 11.2 Å². The fraction of sp³-hybridized carbons (Fsp3) is 0.200. The highest BCUT2D eigenvalue weighted by Gasteiger charge is 2.14. The lowest BCUT2D eigenvalue weighted by Gasteiger charge is -2.15. The van der Waals surface area contributed by atoms with Gasteiger partial charge in [0.05, 0.1) is 12.2 Å². The van der Waals surface area contributed by atoms with Crippen LogP contribution in [0.3, 0.4) is 0 Å². The third-order valence-corrected chi connectivity index (χ3v) is 4.73. The van der Waals surface area contributed by atoms with E-state index in [1.54, 1.807) is 23.1 Å². The van der Waals surface area contributed by atoms with Crippen molar-refractivity contribution in [2.75, 3.05) is 0 Å². The zero-order valence-electron chi connectivity index (χ0n) is 16.8. The number of benzene rings is 1. The molecular weight excluding hydrogens is 401 g/mol. The summed E-state index contributed by atoms with van der Waals surface area (Å²) in [5.41, 5.74) is 2.79. The molecule has 0 N–H and O–H groups in total. The van der Waals surface area contributed by atoms with Gasteiger partial charge < -0.3 is 4.74 Å². The largest absolute Gasteiger partial charge is 0.486 e. The molecule has 0 fully saturated rings. The average molecular weight is 419 g/mol. The average Bonchev–Trinajstić information content (AvgIpc) is 3.50. The van der Waals surface area contributed by atoms with Gasteiger partial charge in [-0.3, -0.25) is 9.25 Å². The van der Waals surface area contributed by atoms with Gasteiger partial charge >= 0.3 is 0 Å². The summed E-state index contributed by atoms with van der Waals surface area (Å²) in [5.74, 6) is 0.402. The number of pyridine rings is 1. The SMILES string of the molecule is C[C@@H](Cn1cnnn1)Oc1cc(-c2ccc3ncn(-c4ccn(C)n4)c3n2)ccc1F. The molecule has 0 radical (unpaired) electrons. The Balaban J connectivity index is 1.46. The Kier molecular flexibility index (Phi) is 4.62. The summed E-state index contributed by atoms with van der Waals surface area (Å²) in [7, 11) is 1.85. The van der Waals surface area contributed by atoms with E-state index in [2.05, 4.69) is 25.6 Å². The second kappa shape index (κ2) is 7.59. The Morgan fingerprint density at radius 1 is 1.13 bits per heavy atom. The van der Waals surface area contributed by atoms with Gasteiger partial charge in [-0.15, -0.1) is 5.10 Å². The van der Waals surface area contributed by atoms with Gasteiger partial charge in [0.2, 0.25) is 0 Å². The van der Waals surface area contributed by atoms with Gasteiger partial charge in [0.1, 0.15) is 24.3 Å². The van der Waals surface area contributed by atoms with E-state index in [0.717, 1.165) is 11.1 Å². The topological polar surface area (TPSA) is 101 Å². The molecule has 156 valence electrons. The molecule has 4 aromatic heterocycles. The van der Waals surface area contributed by atoms with Crippen LogP contribution in [-0.2, 0) is 13.6 Å². The van der Waals surface area contributed by atoms with Crippen molar-refractivity contribution in [2.24, 2.45) is 7.05 Å². The Bertz CT molecular complexity index is 1340. The van der Waals surface area contributed by atoms with Crippen LogP contribution in [0, 0.1) is 5.82 Å². The fourth-order valence-electron chi connectivity index (χ4n) is 3.29. The normalized spacial score (nSPS) is 12.4. The van der Waals surface area contributed by atoms with Crippen molar-refractivity contribution in [1.82, 2.24) is 44.5 Å². The second-order valence-electron chi connectivity index (χ2n) is 7.11. The standard InChI is InChI=1S/C20H18FN9O/c1-13(10-29-12-23-26-27-29)31-18-9-14(3-4-15(18)21)16-5-6-17-20(24-16)30(11-22-17)19-7-8-28(2)25-19/h3-9,11-13H,10H2,1-2H3/t13-/m0/s1. The first-order valence-electron chi connectivity index (χ1n) is 9.58. The van der Waals surface area contributed by atoms with Crippen molar-refractivity contribution in [3.63, 3.8) is 0 Å². The van der Waals surface area contributed by atoms with E-state index in [1.807, 2.05) is 42.9 Å². The highest BCUT2D eigenvalue weighted by Crippen LogP contribution is 2.28. The lowest BCUT2D eigenvalue weighted by atomic mass is 10.1. The maximum Gasteiger partial charge on any atom is 0.166 e. The lowest BCUT2D eigenvalue weighted by Crippen LogP contribution is -2.20. The minimum absolute atomic E-state index is 0.137. The van der Waals surface area contributed by atoms with Crippen LogP contribution in [0.15, 0.2) is 55.2 Å². The quantitative estimate of drug-likeness (QED) is 0.416. The van der Waals surface area contributed by atoms with E-state index in [4.69, 9.17) is 9.72 Å². The molecule has 0 aliphatic carbocycles. The Labute approximate surface area is 175 Å². The molecule has 10 nitrogen and oxygen atoms in total. The van der Waals surface area contributed by atoms with Crippen LogP contribution >= 0.6 is 0 Å². The zero-order valence-corrected chi connectivity index (χ0v) is 16.8. The molecule has 0 aliphatic heterocycles. The number of aryl methyl sites for hydroxylation is 1. The van der Waals surface area contributed by atoms with Crippen LogP contribution in [0.4, 0.5) is 4.39 Å². The summed E-state index contributed by atoms with van der Waals surface area (Å²) < 4.78 is 25.3. The second-order valence-corrected chi connectivity index (χ2v) is 7.11. The number of hydrogen-bond acceptors (Lipinski definition) is 7. The van der Waals surface area contributed by atoms with Crippen molar-refractivity contribution in [3.8, 4) is 22.8 Å². The van der Waals surface area contributed by atoms with Gasteiger partial charge in [0.15, 0.2) is 23.0 Å². The summed E-state index contributed by atoms with van der Waals surface area (Å²) in [6.45, 7) is 2.22. The number of fused-ring (bicyclic) bond motifs is 1. The Hall–Kier alpha value is -4.15. The minimum Gasteiger partial charge on any atom is -0.486 e. The third kappa shape index (κ3) is 3.72. The molecule has 0 aliphatic rings. The van der Waals surface area contributed by atoms with Gasteiger partial charge in [-0.2, -0.15) is 5.10 Å². The molecule has 0 spiro atoms. The van der Waals surface area contributed by atoms with Crippen LogP contribution in [0.25, 0.3) is 28.2 Å². The van der Waals surface area contributed by atoms with Crippen LogP contribution in [0.2, 0.25) is 0 Å². The first-order chi connectivity index (χ1) is 15.1. The molecule has 0 bridgehead atoms. The molecule has 0 saturated carbocycles. The molecule has 5 rings (SSSR count). The number of aromatic nitrogens is 9. The number of halogens is 1. The number of nitrogens with zero attached hydrogens (tertiary/aromatic N) is 9. The van der Waals surface area contributed by atoms with Crippen molar-refractivity contribution in [1.29, 1.82) is 0 Å². The van der Waals surface area contributed by atoms with Crippen molar-refractivity contribution in [2.45, 2.75) is 19.6 Å². The maximum absolute atomic E-state index is 14.4. The first kappa shape index (κ1) is 18.9. The molecular formula is C20H18FN9O. The molecule has 4 heterocycles. The summed E-state index contributed by atoms with van der Waals surface area (Å²) in [5, 5.41) is 15.4. The molecule has 0 unspecified atom stereocenters. The van der Waals surface area contributed by atoms with E-state index in [1.165, 1.54) is 17.1 Å². The summed E-state index contributed by atoms with van der Waals surface area (Å²) in [4.78, 5) is 9.14. The summed E-state index contributed by atoms with van der Waals surface area (Å²) in [6, 6.07) is 10.3. The number of hydrogen-bond donors (Lipinski definition) is 0. The predicted octanol–water partition coefficient (Wildman–Crippen LogP) is 2.41. The fourth-order valence-corrected chi connectivity index (χ4v) is 3.29. The maximum atomic E-state index is 14.4. The zero-order chi connectivity index (χ0) is 21.4. The lowest BCUT2D eigenvalue weighted by molar-refractivity contribution is 0.185. The van der Waals surface area contributed by atoms with Gasteiger partial charge in [-0.05, 0) is 47.7 Å². The molecule has 1 atom stereocenters. The van der Waals surface area contributed by atoms with E-state index in [9.17, 15) is 4.39 Å². The number of ether oxygens (including phenoxy) is 1. The molecule has 5 aromatic rings. The van der Waals surface area contributed by atoms with Crippen molar-refractivity contribution in [3.05, 3.63) is 61.1 Å². The molecule has 0 saturated heterocycles. The summed E-state index contributed by atoms with van der Waals surface area (Å²) in [6.07, 6.45) is 4.68. The monoisotopic (exact) mass is 419 g/mol. The highest BCUT2D eigenvalue weighted by molar-refractivity contribution is 5.77. The van der Waals surface area contributed by atoms with Crippen molar-refractivity contribution < 1.29 is 9.13 Å². The minimum atomic E-state index is -0.452. The number of tetrazole rings is 1. The molecule has 11 heteroatoms. The Morgan fingerprint density at radius 2 is 2.03 bits per heavy atom. The molecule has 31 heavy (non-hydrogen) atoms. The molecule has 1 aromatic carbocycles. The predicted molar refractivity (Wildman–Crippen MR) is 109 cm³/mol. The van der Waals surface area contributed by atoms with Gasteiger partial charge in [-0.1, -0.05) is 0 Å². The van der Waals surface area contributed by atoms with Crippen LogP contribution in [0.1, 0.15) is 6.92 Å². The van der Waals surface area contributed by atoms with E-state index >= 15 is 0 Å².